The molecule has 0 aromatic carbocycles. The molecule has 0 bridgehead atoms. The molecule has 150 valence electrons. The van der Waals surface area contributed by atoms with Crippen molar-refractivity contribution in [2.45, 2.75) is 68.9 Å². The third-order valence-corrected chi connectivity index (χ3v) is 8.18. The maximum atomic E-state index is 12.8. The van der Waals surface area contributed by atoms with E-state index in [9.17, 15) is 13.5 Å². The molecular formula is C19H29N3O3S2. The topological polar surface area (TPSA) is 84.2 Å². The standard InChI is InChI=1S/C19H29N3O3S2/c1-13(2)18-21-17(11-22(18)4)27(24,25)20-12-19(9-5-6-10-19)16-8-7-15(26-16)14(3)23/h7-8,11,13-14,20,23H,5-6,9-10,12H2,1-4H3. The largest absolute Gasteiger partial charge is 0.388 e. The van der Waals surface area contributed by atoms with Gasteiger partial charge in [-0.05, 0) is 31.9 Å². The van der Waals surface area contributed by atoms with Crippen molar-refractivity contribution in [1.82, 2.24) is 14.3 Å². The molecule has 27 heavy (non-hydrogen) atoms. The molecule has 0 saturated heterocycles. The first-order valence-electron chi connectivity index (χ1n) is 9.46. The number of sulfonamides is 1. The van der Waals surface area contributed by atoms with Gasteiger partial charge >= 0.3 is 0 Å². The molecule has 1 aliphatic rings. The van der Waals surface area contributed by atoms with Crippen LogP contribution in [0.1, 0.15) is 74.1 Å². The van der Waals surface area contributed by atoms with Gasteiger partial charge in [0.1, 0.15) is 5.82 Å². The lowest BCUT2D eigenvalue weighted by Gasteiger charge is -2.28. The Bertz CT molecular complexity index is 891. The summed E-state index contributed by atoms with van der Waals surface area (Å²) >= 11 is 1.59. The Hall–Kier alpha value is -1.22. The zero-order chi connectivity index (χ0) is 19.8. The molecule has 0 spiro atoms. The van der Waals surface area contributed by atoms with E-state index >= 15 is 0 Å². The van der Waals surface area contributed by atoms with Gasteiger partial charge in [-0.2, -0.15) is 0 Å². The van der Waals surface area contributed by atoms with E-state index in [0.29, 0.717) is 6.54 Å². The normalized spacial score (nSPS) is 18.3. The van der Waals surface area contributed by atoms with Crippen molar-refractivity contribution < 1.29 is 13.5 Å². The van der Waals surface area contributed by atoms with E-state index in [-0.39, 0.29) is 16.4 Å². The first-order chi connectivity index (χ1) is 12.6. The summed E-state index contributed by atoms with van der Waals surface area (Å²) in [7, 11) is -1.84. The van der Waals surface area contributed by atoms with E-state index in [0.717, 1.165) is 41.3 Å². The van der Waals surface area contributed by atoms with Crippen LogP contribution in [0.4, 0.5) is 0 Å². The number of aromatic nitrogens is 2. The SMILES string of the molecule is CC(C)c1nc(S(=O)(=O)NCC2(c3ccc(C(C)O)s3)CCCC2)cn1C. The number of aryl methyl sites for hydroxylation is 1. The summed E-state index contributed by atoms with van der Waals surface area (Å²) in [4.78, 5) is 6.41. The van der Waals surface area contributed by atoms with Crippen LogP contribution in [0.5, 0.6) is 0 Å². The highest BCUT2D eigenvalue weighted by Gasteiger charge is 2.38. The summed E-state index contributed by atoms with van der Waals surface area (Å²) in [6.45, 7) is 6.11. The summed E-state index contributed by atoms with van der Waals surface area (Å²) in [5, 5.41) is 9.91. The summed E-state index contributed by atoms with van der Waals surface area (Å²) < 4.78 is 30.3. The molecule has 1 saturated carbocycles. The predicted molar refractivity (Wildman–Crippen MR) is 108 cm³/mol. The minimum Gasteiger partial charge on any atom is -0.388 e. The Morgan fingerprint density at radius 2 is 1.96 bits per heavy atom. The molecule has 2 aromatic heterocycles. The Morgan fingerprint density at radius 3 is 2.48 bits per heavy atom. The maximum absolute atomic E-state index is 12.8. The van der Waals surface area contributed by atoms with Gasteiger partial charge in [-0.25, -0.2) is 18.1 Å². The van der Waals surface area contributed by atoms with Gasteiger partial charge in [-0.15, -0.1) is 11.3 Å². The second-order valence-electron chi connectivity index (χ2n) is 7.89. The number of hydrogen-bond acceptors (Lipinski definition) is 5. The molecule has 1 atom stereocenters. The highest BCUT2D eigenvalue weighted by atomic mass is 32.2. The van der Waals surface area contributed by atoms with Gasteiger partial charge in [0.25, 0.3) is 10.0 Å². The lowest BCUT2D eigenvalue weighted by Crippen LogP contribution is -2.38. The van der Waals surface area contributed by atoms with Crippen molar-refractivity contribution in [2.75, 3.05) is 6.54 Å². The van der Waals surface area contributed by atoms with Gasteiger partial charge in [0.15, 0.2) is 5.03 Å². The van der Waals surface area contributed by atoms with Gasteiger partial charge in [0.05, 0.1) is 6.10 Å². The number of hydrogen-bond donors (Lipinski definition) is 2. The molecule has 6 nitrogen and oxygen atoms in total. The van der Waals surface area contributed by atoms with Crippen LogP contribution in [0.2, 0.25) is 0 Å². The van der Waals surface area contributed by atoms with Gasteiger partial charge < -0.3 is 9.67 Å². The Kier molecular flexibility index (Phi) is 5.82. The maximum Gasteiger partial charge on any atom is 0.259 e. The van der Waals surface area contributed by atoms with E-state index in [1.165, 1.54) is 0 Å². The summed E-state index contributed by atoms with van der Waals surface area (Å²) in [6, 6.07) is 4.00. The Balaban J connectivity index is 1.82. The Morgan fingerprint density at radius 1 is 1.30 bits per heavy atom. The van der Waals surface area contributed by atoms with E-state index in [1.807, 2.05) is 33.0 Å². The lowest BCUT2D eigenvalue weighted by molar-refractivity contribution is 0.203. The van der Waals surface area contributed by atoms with Crippen LogP contribution in [0, 0.1) is 0 Å². The second-order valence-corrected chi connectivity index (χ2v) is 10.7. The van der Waals surface area contributed by atoms with Gasteiger partial charge in [0, 0.05) is 40.9 Å². The fourth-order valence-electron chi connectivity index (χ4n) is 3.85. The minimum absolute atomic E-state index is 0.0812. The molecular weight excluding hydrogens is 382 g/mol. The monoisotopic (exact) mass is 411 g/mol. The van der Waals surface area contributed by atoms with Crippen LogP contribution in [0.25, 0.3) is 0 Å². The van der Waals surface area contributed by atoms with Crippen molar-refractivity contribution in [3.8, 4) is 0 Å². The molecule has 2 aromatic rings. The zero-order valence-electron chi connectivity index (χ0n) is 16.4. The van der Waals surface area contributed by atoms with Crippen molar-refractivity contribution >= 4 is 21.4 Å². The van der Waals surface area contributed by atoms with Crippen molar-refractivity contribution in [3.05, 3.63) is 33.9 Å². The molecule has 2 N–H and O–H groups in total. The number of aliphatic hydroxyl groups excluding tert-OH is 1. The van der Waals surface area contributed by atoms with E-state index < -0.39 is 16.1 Å². The van der Waals surface area contributed by atoms with Crippen LogP contribution in [-0.2, 0) is 22.5 Å². The first-order valence-corrected chi connectivity index (χ1v) is 11.8. The van der Waals surface area contributed by atoms with Crippen LogP contribution in [0.15, 0.2) is 23.4 Å². The summed E-state index contributed by atoms with van der Waals surface area (Å²) in [5.74, 6) is 0.913. The van der Waals surface area contributed by atoms with Crippen LogP contribution < -0.4 is 4.72 Å². The fraction of sp³-hybridized carbons (Fsp3) is 0.632. The third-order valence-electron chi connectivity index (χ3n) is 5.40. The number of thiophene rings is 1. The lowest BCUT2D eigenvalue weighted by atomic mass is 9.85. The van der Waals surface area contributed by atoms with Crippen LogP contribution in [-0.4, -0.2) is 29.6 Å². The van der Waals surface area contributed by atoms with Crippen molar-refractivity contribution in [2.24, 2.45) is 7.05 Å². The number of imidazole rings is 1. The summed E-state index contributed by atoms with van der Waals surface area (Å²) in [6.07, 6.45) is 5.16. The molecule has 0 aliphatic heterocycles. The molecule has 1 aliphatic carbocycles. The fourth-order valence-corrected chi connectivity index (χ4v) is 6.16. The molecule has 0 radical (unpaired) electrons. The number of rotatable bonds is 7. The number of nitrogens with zero attached hydrogens (tertiary/aromatic N) is 2. The van der Waals surface area contributed by atoms with E-state index in [4.69, 9.17) is 0 Å². The molecule has 8 heteroatoms. The quantitative estimate of drug-likeness (QED) is 0.731. The summed E-state index contributed by atoms with van der Waals surface area (Å²) in [5.41, 5.74) is -0.194. The minimum atomic E-state index is -3.67. The molecule has 3 rings (SSSR count). The van der Waals surface area contributed by atoms with Crippen LogP contribution >= 0.6 is 11.3 Å². The zero-order valence-corrected chi connectivity index (χ0v) is 18.0. The van der Waals surface area contributed by atoms with Crippen LogP contribution in [0.3, 0.4) is 0 Å². The predicted octanol–water partition coefficient (Wildman–Crippen LogP) is 3.45. The Labute approximate surface area is 165 Å². The van der Waals surface area contributed by atoms with Gasteiger partial charge in [0.2, 0.25) is 0 Å². The van der Waals surface area contributed by atoms with Crippen molar-refractivity contribution in [1.29, 1.82) is 0 Å². The molecule has 0 amide bonds. The second kappa shape index (κ2) is 7.66. The van der Waals surface area contributed by atoms with Crippen molar-refractivity contribution in [3.63, 3.8) is 0 Å². The highest BCUT2D eigenvalue weighted by Crippen LogP contribution is 2.44. The van der Waals surface area contributed by atoms with Gasteiger partial charge in [-0.1, -0.05) is 26.7 Å². The average Bonchev–Trinajstić information content (AvgIpc) is 3.32. The number of nitrogens with one attached hydrogen (secondary N) is 1. The van der Waals surface area contributed by atoms with E-state index in [1.54, 1.807) is 29.0 Å². The third kappa shape index (κ3) is 4.13. The number of aliphatic hydroxyl groups is 1. The van der Waals surface area contributed by atoms with Gasteiger partial charge in [-0.3, -0.25) is 0 Å². The average molecular weight is 412 g/mol. The first kappa shape index (κ1) is 20.5. The van der Waals surface area contributed by atoms with E-state index in [2.05, 4.69) is 9.71 Å². The molecule has 1 unspecified atom stereocenters. The molecule has 2 heterocycles. The highest BCUT2D eigenvalue weighted by molar-refractivity contribution is 7.89. The molecule has 1 fully saturated rings. The smallest absolute Gasteiger partial charge is 0.259 e.